The number of hydrogen-bond acceptors (Lipinski definition) is 3. The summed E-state index contributed by atoms with van der Waals surface area (Å²) >= 11 is 5.01. The summed E-state index contributed by atoms with van der Waals surface area (Å²) in [6.45, 7) is 6.16. The lowest BCUT2D eigenvalue weighted by molar-refractivity contribution is 0.0939. The molecule has 1 amide bonds. The van der Waals surface area contributed by atoms with Crippen LogP contribution in [0.25, 0.3) is 0 Å². The zero-order valence-corrected chi connectivity index (χ0v) is 13.4. The van der Waals surface area contributed by atoms with Crippen molar-refractivity contribution in [2.45, 2.75) is 26.8 Å². The topological polar surface area (TPSA) is 42.0 Å². The summed E-state index contributed by atoms with van der Waals surface area (Å²) in [5.74, 6) is -0.101. The summed E-state index contributed by atoms with van der Waals surface area (Å²) < 4.78 is 0.724. The van der Waals surface area contributed by atoms with Crippen molar-refractivity contribution in [2.24, 2.45) is 0 Å². The van der Waals surface area contributed by atoms with Crippen LogP contribution in [0.15, 0.2) is 29.0 Å². The first-order valence-corrected chi connectivity index (χ1v) is 7.57. The molecule has 5 heteroatoms. The second-order valence-electron chi connectivity index (χ2n) is 4.43. The highest BCUT2D eigenvalue weighted by molar-refractivity contribution is 9.10. The van der Waals surface area contributed by atoms with Gasteiger partial charge in [-0.25, -0.2) is 4.98 Å². The minimum Gasteiger partial charge on any atom is -0.345 e. The molecule has 2 aromatic rings. The van der Waals surface area contributed by atoms with Crippen molar-refractivity contribution in [3.8, 4) is 0 Å². The Balaban J connectivity index is 2.10. The van der Waals surface area contributed by atoms with Crippen LogP contribution < -0.4 is 5.32 Å². The van der Waals surface area contributed by atoms with Crippen LogP contribution in [0.1, 0.15) is 38.6 Å². The van der Waals surface area contributed by atoms with Crippen LogP contribution in [0.5, 0.6) is 0 Å². The van der Waals surface area contributed by atoms with Crippen molar-refractivity contribution in [1.82, 2.24) is 10.3 Å². The van der Waals surface area contributed by atoms with E-state index in [9.17, 15) is 4.79 Å². The second kappa shape index (κ2) is 5.84. The molecule has 100 valence electrons. The Morgan fingerprint density at radius 2 is 2.16 bits per heavy atom. The maximum atomic E-state index is 12.1. The number of halogens is 1. The third-order valence-electron chi connectivity index (χ3n) is 2.88. The Morgan fingerprint density at radius 3 is 2.68 bits per heavy atom. The van der Waals surface area contributed by atoms with E-state index in [-0.39, 0.29) is 11.9 Å². The largest absolute Gasteiger partial charge is 0.345 e. The minimum absolute atomic E-state index is 0.00102. The predicted octanol–water partition coefficient (Wildman–Crippen LogP) is 4.01. The predicted molar refractivity (Wildman–Crippen MR) is 81.6 cm³/mol. The van der Waals surface area contributed by atoms with E-state index in [1.54, 1.807) is 29.7 Å². The molecule has 2 heterocycles. The van der Waals surface area contributed by atoms with Gasteiger partial charge in [0.1, 0.15) is 4.60 Å². The summed E-state index contributed by atoms with van der Waals surface area (Å²) in [5, 5.41) is 3.00. The van der Waals surface area contributed by atoms with E-state index < -0.39 is 0 Å². The van der Waals surface area contributed by atoms with Gasteiger partial charge < -0.3 is 5.32 Å². The van der Waals surface area contributed by atoms with Gasteiger partial charge >= 0.3 is 0 Å². The SMILES string of the molecule is Cc1cc(C(C)NC(=O)c2ccc(Br)nc2)c(C)s1. The van der Waals surface area contributed by atoms with Gasteiger partial charge in [0.2, 0.25) is 0 Å². The first-order chi connectivity index (χ1) is 8.97. The lowest BCUT2D eigenvalue weighted by atomic mass is 10.1. The van der Waals surface area contributed by atoms with Crippen molar-refractivity contribution in [3.63, 3.8) is 0 Å². The average Bonchev–Trinajstić information content (AvgIpc) is 2.69. The minimum atomic E-state index is -0.101. The molecular formula is C14H15BrN2OS. The highest BCUT2D eigenvalue weighted by atomic mass is 79.9. The summed E-state index contributed by atoms with van der Waals surface area (Å²) in [5.41, 5.74) is 1.75. The molecule has 0 spiro atoms. The molecule has 3 nitrogen and oxygen atoms in total. The van der Waals surface area contributed by atoms with Crippen LogP contribution in [-0.2, 0) is 0 Å². The van der Waals surface area contributed by atoms with E-state index in [0.29, 0.717) is 5.56 Å². The van der Waals surface area contributed by atoms with Crippen LogP contribution in [-0.4, -0.2) is 10.9 Å². The van der Waals surface area contributed by atoms with Crippen LogP contribution in [0.2, 0.25) is 0 Å². The molecule has 0 aliphatic rings. The number of aryl methyl sites for hydroxylation is 2. The summed E-state index contributed by atoms with van der Waals surface area (Å²) in [6.07, 6.45) is 1.57. The Bertz CT molecular complexity index is 592. The number of nitrogens with one attached hydrogen (secondary N) is 1. The van der Waals surface area contributed by atoms with Gasteiger partial charge in [0, 0.05) is 16.0 Å². The van der Waals surface area contributed by atoms with Crippen molar-refractivity contribution >= 4 is 33.2 Å². The Morgan fingerprint density at radius 1 is 1.42 bits per heavy atom. The molecule has 1 N–H and O–H groups in total. The van der Waals surface area contributed by atoms with Gasteiger partial charge in [0.25, 0.3) is 5.91 Å². The average molecular weight is 339 g/mol. The standard InChI is InChI=1S/C14H15BrN2OS/c1-8-6-12(10(3)19-8)9(2)17-14(18)11-4-5-13(15)16-7-11/h4-7,9H,1-3H3,(H,17,18). The number of thiophene rings is 1. The fourth-order valence-electron chi connectivity index (χ4n) is 1.95. The van der Waals surface area contributed by atoms with Crippen LogP contribution in [0.3, 0.4) is 0 Å². The molecule has 0 radical (unpaired) electrons. The third-order valence-corrected chi connectivity index (χ3v) is 4.33. The van der Waals surface area contributed by atoms with Gasteiger partial charge in [0.05, 0.1) is 11.6 Å². The second-order valence-corrected chi connectivity index (χ2v) is 6.71. The first kappa shape index (κ1) is 14.2. The van der Waals surface area contributed by atoms with E-state index in [0.717, 1.165) is 4.60 Å². The zero-order valence-electron chi connectivity index (χ0n) is 11.0. The lowest BCUT2D eigenvalue weighted by Gasteiger charge is -2.13. The maximum Gasteiger partial charge on any atom is 0.253 e. The quantitative estimate of drug-likeness (QED) is 0.859. The Hall–Kier alpha value is -1.20. The fourth-order valence-corrected chi connectivity index (χ4v) is 3.21. The van der Waals surface area contributed by atoms with E-state index in [4.69, 9.17) is 0 Å². The van der Waals surface area contributed by atoms with Gasteiger partial charge in [-0.2, -0.15) is 0 Å². The van der Waals surface area contributed by atoms with Gasteiger partial charge in [-0.3, -0.25) is 4.79 Å². The molecule has 0 bridgehead atoms. The number of nitrogens with zero attached hydrogens (tertiary/aromatic N) is 1. The smallest absolute Gasteiger partial charge is 0.253 e. The molecule has 2 aromatic heterocycles. The number of aromatic nitrogens is 1. The van der Waals surface area contributed by atoms with E-state index in [1.807, 2.05) is 6.92 Å². The Labute approximate surface area is 125 Å². The highest BCUT2D eigenvalue weighted by Gasteiger charge is 2.15. The van der Waals surface area contributed by atoms with E-state index in [1.165, 1.54) is 15.3 Å². The normalized spacial score (nSPS) is 12.2. The van der Waals surface area contributed by atoms with Gasteiger partial charge in [0.15, 0.2) is 0 Å². The van der Waals surface area contributed by atoms with Gasteiger partial charge in [-0.1, -0.05) is 0 Å². The Kier molecular flexibility index (Phi) is 4.37. The third kappa shape index (κ3) is 3.42. The van der Waals surface area contributed by atoms with E-state index in [2.05, 4.69) is 46.1 Å². The highest BCUT2D eigenvalue weighted by Crippen LogP contribution is 2.26. The van der Waals surface area contributed by atoms with Crippen molar-refractivity contribution in [2.75, 3.05) is 0 Å². The van der Waals surface area contributed by atoms with Gasteiger partial charge in [-0.05, 0) is 60.5 Å². The van der Waals surface area contributed by atoms with Gasteiger partial charge in [-0.15, -0.1) is 11.3 Å². The number of carbonyl (C=O) groups excluding carboxylic acids is 1. The molecule has 1 unspecified atom stereocenters. The molecule has 0 aromatic carbocycles. The molecule has 0 saturated carbocycles. The number of carbonyl (C=O) groups is 1. The summed E-state index contributed by atoms with van der Waals surface area (Å²) in [7, 11) is 0. The van der Waals surface area contributed by atoms with Crippen molar-refractivity contribution in [1.29, 1.82) is 0 Å². The number of pyridine rings is 1. The van der Waals surface area contributed by atoms with Crippen LogP contribution in [0.4, 0.5) is 0 Å². The monoisotopic (exact) mass is 338 g/mol. The van der Waals surface area contributed by atoms with E-state index >= 15 is 0 Å². The maximum absolute atomic E-state index is 12.1. The summed E-state index contributed by atoms with van der Waals surface area (Å²) in [6, 6.07) is 5.65. The number of rotatable bonds is 3. The molecule has 0 saturated heterocycles. The molecule has 0 fully saturated rings. The lowest BCUT2D eigenvalue weighted by Crippen LogP contribution is -2.26. The summed E-state index contributed by atoms with van der Waals surface area (Å²) in [4.78, 5) is 18.7. The number of hydrogen-bond donors (Lipinski definition) is 1. The van der Waals surface area contributed by atoms with Crippen LogP contribution >= 0.6 is 27.3 Å². The number of amides is 1. The molecule has 1 atom stereocenters. The van der Waals surface area contributed by atoms with Crippen LogP contribution in [0, 0.1) is 13.8 Å². The van der Waals surface area contributed by atoms with Crippen molar-refractivity contribution < 1.29 is 4.79 Å². The molecule has 19 heavy (non-hydrogen) atoms. The molecule has 0 aliphatic heterocycles. The molecule has 2 rings (SSSR count). The first-order valence-electron chi connectivity index (χ1n) is 5.96. The fraction of sp³-hybridized carbons (Fsp3) is 0.286. The molecular weight excluding hydrogens is 324 g/mol. The molecule has 0 aliphatic carbocycles. The zero-order chi connectivity index (χ0) is 14.0. The van der Waals surface area contributed by atoms with Crippen molar-refractivity contribution in [3.05, 3.63) is 49.9 Å².